The summed E-state index contributed by atoms with van der Waals surface area (Å²) in [6.07, 6.45) is -4.21. The molecule has 2 atom stereocenters. The third-order valence-electron chi connectivity index (χ3n) is 3.90. The van der Waals surface area contributed by atoms with Crippen LogP contribution in [0.25, 0.3) is 0 Å². The van der Waals surface area contributed by atoms with Crippen molar-refractivity contribution in [1.29, 1.82) is 0 Å². The minimum atomic E-state index is -4.64. The molecule has 1 aromatic rings. The molecular weight excluding hydrogens is 287 g/mol. The molecule has 120 valence electrons. The Morgan fingerprint density at radius 3 is 2.62 bits per heavy atom. The van der Waals surface area contributed by atoms with Gasteiger partial charge in [-0.15, -0.1) is 0 Å². The Bertz CT molecular complexity index is 487. The minimum absolute atomic E-state index is 0.143. The zero-order valence-electron chi connectivity index (χ0n) is 12.3. The van der Waals surface area contributed by atoms with Crippen LogP contribution in [0.15, 0.2) is 4.52 Å². The molecule has 0 aliphatic carbocycles. The van der Waals surface area contributed by atoms with Gasteiger partial charge in [-0.3, -0.25) is 0 Å². The maximum atomic E-state index is 12.8. The molecule has 0 radical (unpaired) electrons. The predicted molar refractivity (Wildman–Crippen MR) is 69.5 cm³/mol. The van der Waals surface area contributed by atoms with E-state index in [1.54, 1.807) is 0 Å². The van der Waals surface area contributed by atoms with Gasteiger partial charge < -0.3 is 20.1 Å². The second-order valence-electron chi connectivity index (χ2n) is 5.82. The maximum absolute atomic E-state index is 12.8. The van der Waals surface area contributed by atoms with Crippen LogP contribution in [0.1, 0.15) is 18.6 Å². The predicted octanol–water partition coefficient (Wildman–Crippen LogP) is 0.594. The Morgan fingerprint density at radius 2 is 2.00 bits per heavy atom. The SMILES string of the molecule is CN1CCN(C)C(Cc2noc(C(C)(N)C(F)(F)F)n2)C1. The van der Waals surface area contributed by atoms with Gasteiger partial charge in [-0.05, 0) is 21.0 Å². The van der Waals surface area contributed by atoms with E-state index < -0.39 is 17.6 Å². The van der Waals surface area contributed by atoms with Crippen LogP contribution in [-0.4, -0.2) is 65.9 Å². The smallest absolute Gasteiger partial charge is 0.337 e. The lowest BCUT2D eigenvalue weighted by Crippen LogP contribution is -2.51. The van der Waals surface area contributed by atoms with E-state index in [1.807, 2.05) is 14.1 Å². The Morgan fingerprint density at radius 1 is 1.33 bits per heavy atom. The third-order valence-corrected chi connectivity index (χ3v) is 3.90. The summed E-state index contributed by atoms with van der Waals surface area (Å²) < 4.78 is 43.2. The molecule has 2 heterocycles. The van der Waals surface area contributed by atoms with E-state index in [0.29, 0.717) is 6.42 Å². The van der Waals surface area contributed by atoms with Gasteiger partial charge in [0.15, 0.2) is 11.4 Å². The molecule has 1 aromatic heterocycles. The molecule has 1 aliphatic rings. The summed E-state index contributed by atoms with van der Waals surface area (Å²) in [5, 5.41) is 3.64. The largest absolute Gasteiger partial charge is 0.415 e. The van der Waals surface area contributed by atoms with Gasteiger partial charge in [0.25, 0.3) is 5.89 Å². The van der Waals surface area contributed by atoms with Crippen molar-refractivity contribution in [2.24, 2.45) is 5.73 Å². The molecule has 2 N–H and O–H groups in total. The number of alkyl halides is 3. The first kappa shape index (κ1) is 16.2. The number of aromatic nitrogens is 2. The molecular formula is C12H20F3N5O. The summed E-state index contributed by atoms with van der Waals surface area (Å²) in [5.74, 6) is -0.352. The minimum Gasteiger partial charge on any atom is -0.337 e. The standard InChI is InChI=1S/C12H20F3N5O/c1-11(16,12(13,14)15)10-17-9(18-21-10)6-8-7-19(2)4-5-20(8)3/h8H,4-7,16H2,1-3H3. The number of rotatable bonds is 3. The number of nitrogens with zero attached hydrogens (tertiary/aromatic N) is 4. The van der Waals surface area contributed by atoms with Gasteiger partial charge in [0.05, 0.1) is 0 Å². The molecule has 2 rings (SSSR count). The molecule has 0 saturated carbocycles. The van der Waals surface area contributed by atoms with Crippen molar-refractivity contribution in [2.75, 3.05) is 33.7 Å². The van der Waals surface area contributed by atoms with Gasteiger partial charge >= 0.3 is 6.18 Å². The fraction of sp³-hybridized carbons (Fsp3) is 0.833. The van der Waals surface area contributed by atoms with Crippen LogP contribution in [0.5, 0.6) is 0 Å². The zero-order valence-corrected chi connectivity index (χ0v) is 12.3. The van der Waals surface area contributed by atoms with Crippen molar-refractivity contribution in [3.8, 4) is 0 Å². The highest BCUT2D eigenvalue weighted by Gasteiger charge is 2.53. The van der Waals surface area contributed by atoms with Gasteiger partial charge in [0.2, 0.25) is 0 Å². The van der Waals surface area contributed by atoms with Crippen LogP contribution in [0, 0.1) is 0 Å². The number of piperazine rings is 1. The summed E-state index contributed by atoms with van der Waals surface area (Å²) in [6.45, 7) is 3.48. The fourth-order valence-corrected chi connectivity index (χ4v) is 2.20. The quantitative estimate of drug-likeness (QED) is 0.881. The van der Waals surface area contributed by atoms with E-state index >= 15 is 0 Å². The topological polar surface area (TPSA) is 71.4 Å². The van der Waals surface area contributed by atoms with E-state index in [0.717, 1.165) is 26.6 Å². The lowest BCUT2D eigenvalue weighted by Gasteiger charge is -2.37. The third kappa shape index (κ3) is 3.35. The molecule has 21 heavy (non-hydrogen) atoms. The number of hydrogen-bond acceptors (Lipinski definition) is 6. The molecule has 0 spiro atoms. The average Bonchev–Trinajstić information content (AvgIpc) is 2.81. The number of hydrogen-bond donors (Lipinski definition) is 1. The Balaban J connectivity index is 2.10. The highest BCUT2D eigenvalue weighted by atomic mass is 19.4. The van der Waals surface area contributed by atoms with Crippen LogP contribution in [0.4, 0.5) is 13.2 Å². The first-order valence-electron chi connectivity index (χ1n) is 6.68. The Kier molecular flexibility index (Phi) is 4.27. The number of halogens is 3. The van der Waals surface area contributed by atoms with Gasteiger partial charge in [-0.1, -0.05) is 5.16 Å². The van der Waals surface area contributed by atoms with Gasteiger partial charge in [0.1, 0.15) is 0 Å². The summed E-state index contributed by atoms with van der Waals surface area (Å²) in [4.78, 5) is 8.14. The second kappa shape index (κ2) is 5.54. The van der Waals surface area contributed by atoms with Crippen molar-refractivity contribution < 1.29 is 17.7 Å². The van der Waals surface area contributed by atoms with Crippen molar-refractivity contribution in [3.63, 3.8) is 0 Å². The molecule has 0 aromatic carbocycles. The molecule has 1 saturated heterocycles. The summed E-state index contributed by atoms with van der Waals surface area (Å²) >= 11 is 0. The molecule has 9 heteroatoms. The Labute approximate surface area is 121 Å². The first-order chi connectivity index (χ1) is 9.61. The highest BCUT2D eigenvalue weighted by Crippen LogP contribution is 2.35. The van der Waals surface area contributed by atoms with Crippen LogP contribution in [-0.2, 0) is 12.0 Å². The van der Waals surface area contributed by atoms with Gasteiger partial charge in [0, 0.05) is 32.1 Å². The Hall–Kier alpha value is -1.19. The number of likely N-dealkylation sites (N-methyl/N-ethyl adjacent to an activating group) is 2. The van der Waals surface area contributed by atoms with Gasteiger partial charge in [-0.2, -0.15) is 18.2 Å². The van der Waals surface area contributed by atoms with Crippen molar-refractivity contribution in [1.82, 2.24) is 19.9 Å². The van der Waals surface area contributed by atoms with Crippen LogP contribution < -0.4 is 5.73 Å². The van der Waals surface area contributed by atoms with E-state index in [-0.39, 0.29) is 11.9 Å². The molecule has 0 amide bonds. The monoisotopic (exact) mass is 307 g/mol. The molecule has 1 fully saturated rings. The van der Waals surface area contributed by atoms with E-state index in [9.17, 15) is 13.2 Å². The van der Waals surface area contributed by atoms with Crippen molar-refractivity contribution in [3.05, 3.63) is 11.7 Å². The highest BCUT2D eigenvalue weighted by molar-refractivity contribution is 5.05. The molecule has 6 nitrogen and oxygen atoms in total. The fourth-order valence-electron chi connectivity index (χ4n) is 2.20. The van der Waals surface area contributed by atoms with Crippen LogP contribution >= 0.6 is 0 Å². The lowest BCUT2D eigenvalue weighted by molar-refractivity contribution is -0.190. The van der Waals surface area contributed by atoms with Crippen molar-refractivity contribution >= 4 is 0 Å². The first-order valence-corrected chi connectivity index (χ1v) is 6.68. The lowest BCUT2D eigenvalue weighted by atomic mass is 10.0. The normalized spacial score (nSPS) is 25.0. The van der Waals surface area contributed by atoms with E-state index in [1.165, 1.54) is 0 Å². The van der Waals surface area contributed by atoms with E-state index in [2.05, 4.69) is 19.9 Å². The molecule has 1 aliphatic heterocycles. The van der Waals surface area contributed by atoms with Gasteiger partial charge in [-0.25, -0.2) is 0 Å². The van der Waals surface area contributed by atoms with Crippen LogP contribution in [0.3, 0.4) is 0 Å². The van der Waals surface area contributed by atoms with Crippen LogP contribution in [0.2, 0.25) is 0 Å². The van der Waals surface area contributed by atoms with E-state index in [4.69, 9.17) is 10.3 Å². The summed E-state index contributed by atoms with van der Waals surface area (Å²) in [7, 11) is 3.98. The number of nitrogens with two attached hydrogens (primary N) is 1. The summed E-state index contributed by atoms with van der Waals surface area (Å²) in [5.41, 5.74) is 2.64. The zero-order chi connectivity index (χ0) is 15.8. The molecule has 0 bridgehead atoms. The molecule has 2 unspecified atom stereocenters. The maximum Gasteiger partial charge on any atom is 0.415 e. The second-order valence-corrected chi connectivity index (χ2v) is 5.82. The average molecular weight is 307 g/mol. The summed E-state index contributed by atoms with van der Waals surface area (Å²) in [6, 6.07) is 0.143. The van der Waals surface area contributed by atoms with Crippen molar-refractivity contribution in [2.45, 2.75) is 31.1 Å².